The van der Waals surface area contributed by atoms with Crippen LogP contribution in [0.1, 0.15) is 31.4 Å². The smallest absolute Gasteiger partial charge is 0.124 e. The normalized spacial score (nSPS) is 25.4. The van der Waals surface area contributed by atoms with E-state index in [9.17, 15) is 9.50 Å². The topological polar surface area (TPSA) is 32.3 Å². The molecule has 0 saturated heterocycles. The Morgan fingerprint density at radius 3 is 2.82 bits per heavy atom. The van der Waals surface area contributed by atoms with Gasteiger partial charge in [0.1, 0.15) is 5.82 Å². The second kappa shape index (κ2) is 5.34. The van der Waals surface area contributed by atoms with Gasteiger partial charge in [-0.05, 0) is 49.9 Å². The number of halogens is 2. The molecule has 2 nitrogen and oxygen atoms in total. The molecule has 1 saturated carbocycles. The third kappa shape index (κ3) is 3.18. The van der Waals surface area contributed by atoms with Crippen LogP contribution < -0.4 is 5.32 Å². The van der Waals surface area contributed by atoms with Crippen molar-refractivity contribution in [3.05, 3.63) is 34.6 Å². The largest absolute Gasteiger partial charge is 0.393 e. The molecule has 17 heavy (non-hydrogen) atoms. The molecule has 1 atom stereocenters. The van der Waals surface area contributed by atoms with Crippen molar-refractivity contribution in [2.75, 3.05) is 6.54 Å². The van der Waals surface area contributed by atoms with Crippen molar-refractivity contribution in [1.82, 2.24) is 5.32 Å². The number of nitrogens with one attached hydrogen (secondary N) is 1. The Labute approximate surface area is 106 Å². The lowest BCUT2D eigenvalue weighted by molar-refractivity contribution is 0.0420. The predicted molar refractivity (Wildman–Crippen MR) is 66.6 cm³/mol. The standard InChI is InChI=1S/C13H17ClFNO/c1-8(16-7-9-4-11(17)5-9)12-3-2-10(15)6-13(12)14/h2-3,6,8-9,11,16-17H,4-5,7H2,1H3. The summed E-state index contributed by atoms with van der Waals surface area (Å²) < 4.78 is 12.9. The number of aliphatic hydroxyl groups excluding tert-OH is 1. The van der Waals surface area contributed by atoms with Crippen LogP contribution in [0.2, 0.25) is 5.02 Å². The minimum Gasteiger partial charge on any atom is -0.393 e. The lowest BCUT2D eigenvalue weighted by atomic mass is 9.82. The highest BCUT2D eigenvalue weighted by Gasteiger charge is 2.27. The molecule has 1 aromatic carbocycles. The average molecular weight is 258 g/mol. The Morgan fingerprint density at radius 1 is 1.53 bits per heavy atom. The van der Waals surface area contributed by atoms with E-state index in [0.717, 1.165) is 24.9 Å². The summed E-state index contributed by atoms with van der Waals surface area (Å²) in [7, 11) is 0. The molecule has 94 valence electrons. The van der Waals surface area contributed by atoms with Gasteiger partial charge in [0.2, 0.25) is 0 Å². The summed E-state index contributed by atoms with van der Waals surface area (Å²) in [4.78, 5) is 0. The van der Waals surface area contributed by atoms with Crippen LogP contribution >= 0.6 is 11.6 Å². The van der Waals surface area contributed by atoms with Crippen molar-refractivity contribution in [2.45, 2.75) is 31.9 Å². The fourth-order valence-electron chi connectivity index (χ4n) is 2.17. The molecule has 1 aliphatic rings. The van der Waals surface area contributed by atoms with E-state index in [-0.39, 0.29) is 18.0 Å². The Morgan fingerprint density at radius 2 is 2.24 bits per heavy atom. The van der Waals surface area contributed by atoms with E-state index in [0.29, 0.717) is 10.9 Å². The van der Waals surface area contributed by atoms with E-state index in [1.54, 1.807) is 6.07 Å². The molecule has 1 fully saturated rings. The Kier molecular flexibility index (Phi) is 4.02. The number of hydrogen-bond donors (Lipinski definition) is 2. The predicted octanol–water partition coefficient (Wildman–Crippen LogP) is 2.90. The van der Waals surface area contributed by atoms with Gasteiger partial charge in [0.05, 0.1) is 6.10 Å². The summed E-state index contributed by atoms with van der Waals surface area (Å²) in [6.07, 6.45) is 1.62. The third-order valence-electron chi connectivity index (χ3n) is 3.35. The summed E-state index contributed by atoms with van der Waals surface area (Å²) in [6.45, 7) is 2.88. The van der Waals surface area contributed by atoms with E-state index < -0.39 is 0 Å². The maximum absolute atomic E-state index is 12.9. The highest BCUT2D eigenvalue weighted by atomic mass is 35.5. The summed E-state index contributed by atoms with van der Waals surface area (Å²) >= 11 is 5.99. The molecule has 0 aliphatic heterocycles. The second-order valence-electron chi connectivity index (χ2n) is 4.79. The molecule has 1 aromatic rings. The zero-order chi connectivity index (χ0) is 12.4. The van der Waals surface area contributed by atoms with Gasteiger partial charge in [-0.1, -0.05) is 17.7 Å². The van der Waals surface area contributed by atoms with Crippen LogP contribution in [0.3, 0.4) is 0 Å². The van der Waals surface area contributed by atoms with Gasteiger partial charge < -0.3 is 10.4 Å². The Balaban J connectivity index is 1.88. The Bertz CT molecular complexity index is 393. The summed E-state index contributed by atoms with van der Waals surface area (Å²) in [5, 5.41) is 13.0. The van der Waals surface area contributed by atoms with Crippen molar-refractivity contribution in [3.63, 3.8) is 0 Å². The molecular formula is C13H17ClFNO. The van der Waals surface area contributed by atoms with E-state index in [1.165, 1.54) is 12.1 Å². The van der Waals surface area contributed by atoms with Gasteiger partial charge in [0.25, 0.3) is 0 Å². The van der Waals surface area contributed by atoms with Crippen LogP contribution in [0, 0.1) is 11.7 Å². The number of aliphatic hydroxyl groups is 1. The number of hydrogen-bond acceptors (Lipinski definition) is 2. The first kappa shape index (κ1) is 12.8. The fraction of sp³-hybridized carbons (Fsp3) is 0.538. The van der Waals surface area contributed by atoms with E-state index in [1.807, 2.05) is 6.92 Å². The van der Waals surface area contributed by atoms with Crippen molar-refractivity contribution in [1.29, 1.82) is 0 Å². The van der Waals surface area contributed by atoms with Gasteiger partial charge in [-0.15, -0.1) is 0 Å². The van der Waals surface area contributed by atoms with Crippen LogP contribution in [-0.4, -0.2) is 17.8 Å². The molecule has 1 unspecified atom stereocenters. The molecule has 0 bridgehead atoms. The van der Waals surface area contributed by atoms with Crippen molar-refractivity contribution >= 4 is 11.6 Å². The van der Waals surface area contributed by atoms with Crippen LogP contribution in [-0.2, 0) is 0 Å². The molecule has 2 rings (SSSR count). The summed E-state index contributed by atoms with van der Waals surface area (Å²) in [5.74, 6) is 0.236. The molecule has 0 heterocycles. The van der Waals surface area contributed by atoms with Crippen LogP contribution in [0.4, 0.5) is 4.39 Å². The second-order valence-corrected chi connectivity index (χ2v) is 5.19. The quantitative estimate of drug-likeness (QED) is 0.869. The van der Waals surface area contributed by atoms with E-state index in [4.69, 9.17) is 11.6 Å². The molecule has 2 N–H and O–H groups in total. The molecule has 4 heteroatoms. The summed E-state index contributed by atoms with van der Waals surface area (Å²) in [5.41, 5.74) is 0.910. The van der Waals surface area contributed by atoms with Crippen LogP contribution in [0.5, 0.6) is 0 Å². The highest BCUT2D eigenvalue weighted by Crippen LogP contribution is 2.28. The molecule has 1 aliphatic carbocycles. The summed E-state index contributed by atoms with van der Waals surface area (Å²) in [6, 6.07) is 4.57. The monoisotopic (exact) mass is 257 g/mol. The zero-order valence-corrected chi connectivity index (χ0v) is 10.5. The first-order chi connectivity index (χ1) is 8.06. The van der Waals surface area contributed by atoms with Gasteiger partial charge in [-0.25, -0.2) is 4.39 Å². The Hall–Kier alpha value is -0.640. The molecule has 0 amide bonds. The number of rotatable bonds is 4. The van der Waals surface area contributed by atoms with E-state index >= 15 is 0 Å². The molecule has 0 radical (unpaired) electrons. The van der Waals surface area contributed by atoms with Crippen molar-refractivity contribution < 1.29 is 9.50 Å². The lowest BCUT2D eigenvalue weighted by Gasteiger charge is -2.32. The van der Waals surface area contributed by atoms with E-state index in [2.05, 4.69) is 5.32 Å². The number of benzene rings is 1. The van der Waals surface area contributed by atoms with Gasteiger partial charge >= 0.3 is 0 Å². The average Bonchev–Trinajstić information content (AvgIpc) is 2.22. The first-order valence-electron chi connectivity index (χ1n) is 5.92. The molecule has 0 aromatic heterocycles. The van der Waals surface area contributed by atoms with Gasteiger partial charge in [0.15, 0.2) is 0 Å². The third-order valence-corrected chi connectivity index (χ3v) is 3.68. The molecule has 0 spiro atoms. The highest BCUT2D eigenvalue weighted by molar-refractivity contribution is 6.31. The maximum Gasteiger partial charge on any atom is 0.124 e. The first-order valence-corrected chi connectivity index (χ1v) is 6.30. The lowest BCUT2D eigenvalue weighted by Crippen LogP contribution is -2.37. The van der Waals surface area contributed by atoms with Gasteiger partial charge in [-0.3, -0.25) is 0 Å². The minimum atomic E-state index is -0.312. The van der Waals surface area contributed by atoms with Gasteiger partial charge in [-0.2, -0.15) is 0 Å². The van der Waals surface area contributed by atoms with Gasteiger partial charge in [0, 0.05) is 11.1 Å². The minimum absolute atomic E-state index is 0.0980. The molecular weight excluding hydrogens is 241 g/mol. The zero-order valence-electron chi connectivity index (χ0n) is 9.79. The van der Waals surface area contributed by atoms with Crippen LogP contribution in [0.25, 0.3) is 0 Å². The van der Waals surface area contributed by atoms with Crippen LogP contribution in [0.15, 0.2) is 18.2 Å². The van der Waals surface area contributed by atoms with Crippen molar-refractivity contribution in [3.8, 4) is 0 Å². The fourth-order valence-corrected chi connectivity index (χ4v) is 2.50. The SMILES string of the molecule is CC(NCC1CC(O)C1)c1ccc(F)cc1Cl. The van der Waals surface area contributed by atoms with Crippen molar-refractivity contribution in [2.24, 2.45) is 5.92 Å². The maximum atomic E-state index is 12.9.